The van der Waals surface area contributed by atoms with Gasteiger partial charge in [0.2, 0.25) is 35.6 Å². The zero-order valence-corrected chi connectivity index (χ0v) is 74.2. The highest BCUT2D eigenvalue weighted by Gasteiger charge is 2.32. The number of aliphatic hydroxyl groups is 2. The van der Waals surface area contributed by atoms with Crippen LogP contribution in [0.25, 0.3) is 87.7 Å². The Labute approximate surface area is 752 Å². The van der Waals surface area contributed by atoms with Gasteiger partial charge in [0, 0.05) is 204 Å². The summed E-state index contributed by atoms with van der Waals surface area (Å²) in [5.41, 5.74) is 19.5. The molecule has 4 fully saturated rings. The Hall–Kier alpha value is -13.2. The molecule has 664 valence electrons. The fraction of sp³-hybridized carbons (Fsp3) is 0.400. The Bertz CT molecular complexity index is 6970. The Morgan fingerprint density at radius 2 is 0.677 bits per heavy atom. The number of para-hydroxylation sites is 2. The van der Waals surface area contributed by atoms with E-state index in [-0.39, 0.29) is 11.8 Å². The number of nitrogens with one attached hydrogen (secondary N) is 6. The molecule has 0 bridgehead atoms. The molecule has 24 rings (SSSR count). The number of amides is 2. The van der Waals surface area contributed by atoms with E-state index in [4.69, 9.17) is 50.1 Å². The molecule has 18 heterocycles. The van der Waals surface area contributed by atoms with Crippen LogP contribution in [0.5, 0.6) is 0 Å². The molecule has 0 radical (unpaired) electrons. The molecule has 8 N–H and O–H groups in total. The Morgan fingerprint density at radius 1 is 0.354 bits per heavy atom. The lowest BCUT2D eigenvalue weighted by molar-refractivity contribution is -0.135. The van der Waals surface area contributed by atoms with Crippen molar-refractivity contribution in [2.75, 3.05) is 60.7 Å². The predicted molar refractivity (Wildman–Crippen MR) is 507 cm³/mol. The molecule has 4 aliphatic heterocycles. The maximum atomic E-state index is 11.9. The smallest absolute Gasteiger partial charge is 0.248 e. The van der Waals surface area contributed by atoms with E-state index in [1.807, 2.05) is 87.4 Å². The van der Waals surface area contributed by atoms with Crippen LogP contribution in [-0.4, -0.2) is 159 Å². The van der Waals surface area contributed by atoms with Crippen LogP contribution >= 0.6 is 0 Å². The highest BCUT2D eigenvalue weighted by atomic mass is 16.3. The average Bonchev–Trinajstić information content (AvgIpc) is 1.60. The summed E-state index contributed by atoms with van der Waals surface area (Å²) in [5, 5.41) is 47.5. The first-order valence-corrected chi connectivity index (χ1v) is 46.7. The highest BCUT2D eigenvalue weighted by Crippen LogP contribution is 2.44. The quantitative estimate of drug-likeness (QED) is 0.0501. The molecule has 4 saturated carbocycles. The van der Waals surface area contributed by atoms with Crippen LogP contribution in [0, 0.1) is 25.7 Å². The summed E-state index contributed by atoms with van der Waals surface area (Å²) in [5.74, 6) is 6.32. The number of fused-ring (bicyclic) bond motifs is 16. The number of hydrogen-bond acceptors (Lipinski definition) is 24. The van der Waals surface area contributed by atoms with E-state index in [2.05, 4.69) is 167 Å². The molecule has 30 heteroatoms. The van der Waals surface area contributed by atoms with E-state index in [0.29, 0.717) is 98.6 Å². The van der Waals surface area contributed by atoms with Crippen LogP contribution in [0.1, 0.15) is 197 Å². The van der Waals surface area contributed by atoms with Crippen molar-refractivity contribution in [3.05, 3.63) is 203 Å². The van der Waals surface area contributed by atoms with Crippen molar-refractivity contribution in [2.45, 2.75) is 206 Å². The molecular formula is C100H110N26O4. The van der Waals surface area contributed by atoms with E-state index in [1.54, 1.807) is 9.80 Å². The third-order valence-corrected chi connectivity index (χ3v) is 28.0. The number of pyridine rings is 6. The summed E-state index contributed by atoms with van der Waals surface area (Å²) in [6.45, 7) is 13.6. The molecule has 0 spiro atoms. The molecule has 2 aromatic carbocycles. The molecule has 0 unspecified atom stereocenters. The number of hydrogen-bond donors (Lipinski definition) is 8. The van der Waals surface area contributed by atoms with Gasteiger partial charge in [0.05, 0.1) is 34.5 Å². The summed E-state index contributed by atoms with van der Waals surface area (Å²) < 4.78 is 9.64. The maximum absolute atomic E-state index is 11.9. The third kappa shape index (κ3) is 16.9. The molecule has 130 heavy (non-hydrogen) atoms. The fourth-order valence-corrected chi connectivity index (χ4v) is 21.1. The normalized spacial score (nSPS) is 18.7. The first-order chi connectivity index (χ1) is 63.7. The minimum Gasteiger partial charge on any atom is -0.387 e. The van der Waals surface area contributed by atoms with Crippen LogP contribution in [0.15, 0.2) is 146 Å². The van der Waals surface area contributed by atoms with Crippen LogP contribution < -0.4 is 31.9 Å². The summed E-state index contributed by atoms with van der Waals surface area (Å²) in [6.07, 6.45) is 34.5. The SMILES string of the molecule is Cc1cc2c3cnc(Nc4ccc5c(n4)CCN(C(=O)CO)C5)nc3n(C3CCC(C)CC3)c2cn1.Cc1cc2c3cnc(Nc4ccc5c(n4)CCNC5)nc3n(C3CCC(C)CC3)c2cn1.O=C(CO)N1CCc2nc(Nc3ncc4c5ccccc5n(C5CCCC5)c4n3)ccc2C1.c1ccc2c(c1)c1cnc(Nc3ccc4c(n3)CCNC4)nc1n2C1CCCC1. The van der Waals surface area contributed by atoms with Gasteiger partial charge >= 0.3 is 0 Å². The first-order valence-electron chi connectivity index (χ1n) is 46.7. The standard InChI is InChI=1S/C27H31N7O2.C25H29N7.C25H26N6O2.C23H24N6/c1-16-3-6-19(7-4-16)34-23-13-28-17(2)11-20(23)21-12-29-27(32-26(21)34)31-24-8-5-18-14-33(25(36)15-35)10-9-22(18)30-24;1-15-3-6-18(7-4-15)32-22-14-27-16(2)11-19(22)20-13-28-25(31-24(20)32)30-23-8-5-17-12-26-10-9-21(17)29-23;32-15-23(33)30-12-11-20-16(14-30)9-10-22(27-20)28-25-26-13-19-18-7-3-4-8-21(18)31(24(19)29-25)17-5-1-2-6-17;1-2-6-16(5-1)29-20-8-4-3-7-17(20)18-14-25-23(28-22(18)29)27-21-10-9-15-13-24-12-11-19(15)26-21/h5,8,11-13,16,19,35H,3-4,6-7,9-10,14-15H2,1-2H3,(H,29,30,31,32);5,8,11,13-15,18,26H,3-4,6-7,9-10,12H2,1-2H3,(H,28,29,30,31);3-4,7-10,13,17,32H,1-2,5-6,11-12,14-15H2,(H,26,27,28,29);3-4,7-10,14,16,24H,1-2,5-6,11-13H2,(H,25,26,27,28). The molecule has 16 aromatic rings. The molecule has 0 atom stereocenters. The lowest BCUT2D eigenvalue weighted by Gasteiger charge is -2.28. The number of aryl methyl sites for hydroxylation is 2. The van der Waals surface area contributed by atoms with Crippen molar-refractivity contribution in [2.24, 2.45) is 11.8 Å². The second-order valence-corrected chi connectivity index (χ2v) is 36.6. The highest BCUT2D eigenvalue weighted by molar-refractivity contribution is 6.09. The third-order valence-electron chi connectivity index (χ3n) is 28.0. The molecular weight excluding hydrogens is 1630 g/mol. The van der Waals surface area contributed by atoms with Crippen LogP contribution in [-0.2, 0) is 61.5 Å². The molecule has 2 amide bonds. The van der Waals surface area contributed by atoms with Crippen molar-refractivity contribution < 1.29 is 19.8 Å². The molecule has 8 aliphatic rings. The number of anilines is 8. The lowest BCUT2D eigenvalue weighted by Crippen LogP contribution is -2.37. The van der Waals surface area contributed by atoms with Crippen molar-refractivity contribution in [3.8, 4) is 0 Å². The molecule has 4 aliphatic carbocycles. The van der Waals surface area contributed by atoms with Gasteiger partial charge in [0.25, 0.3) is 0 Å². The zero-order valence-electron chi connectivity index (χ0n) is 74.2. The topological polar surface area (TPSA) is 353 Å². The van der Waals surface area contributed by atoms with E-state index in [9.17, 15) is 9.59 Å². The van der Waals surface area contributed by atoms with Crippen LogP contribution in [0.4, 0.5) is 47.1 Å². The monoisotopic (exact) mass is 1740 g/mol. The zero-order chi connectivity index (χ0) is 88.0. The van der Waals surface area contributed by atoms with E-state index in [1.165, 1.54) is 128 Å². The van der Waals surface area contributed by atoms with Crippen molar-refractivity contribution >= 4 is 147 Å². The minimum absolute atomic E-state index is 0.248. The Morgan fingerprint density at radius 3 is 1.04 bits per heavy atom. The summed E-state index contributed by atoms with van der Waals surface area (Å²) >= 11 is 0. The van der Waals surface area contributed by atoms with E-state index < -0.39 is 13.2 Å². The van der Waals surface area contributed by atoms with Crippen LogP contribution in [0.3, 0.4) is 0 Å². The Balaban J connectivity index is 0.000000105. The molecule has 30 nitrogen and oxygen atoms in total. The molecule has 14 aromatic heterocycles. The van der Waals surface area contributed by atoms with E-state index in [0.717, 1.165) is 181 Å². The second kappa shape index (κ2) is 36.4. The predicted octanol–water partition coefficient (Wildman–Crippen LogP) is 17.1. The van der Waals surface area contributed by atoms with E-state index >= 15 is 0 Å². The number of carbonyl (C=O) groups is 2. The number of carbonyl (C=O) groups excluding carboxylic acids is 2. The second-order valence-electron chi connectivity index (χ2n) is 36.6. The Kier molecular flexibility index (Phi) is 23.5. The number of rotatable bonds is 14. The van der Waals surface area contributed by atoms with Crippen molar-refractivity contribution in [1.29, 1.82) is 0 Å². The summed E-state index contributed by atoms with van der Waals surface area (Å²) in [4.78, 5) is 93.7. The largest absolute Gasteiger partial charge is 0.387 e. The van der Waals surface area contributed by atoms with Gasteiger partial charge in [0.15, 0.2) is 0 Å². The first kappa shape index (κ1) is 83.7. The van der Waals surface area contributed by atoms with Gasteiger partial charge in [0.1, 0.15) is 59.1 Å². The van der Waals surface area contributed by atoms with Gasteiger partial charge in [-0.15, -0.1) is 0 Å². The number of aliphatic hydroxyl groups excluding tert-OH is 2. The van der Waals surface area contributed by atoms with Gasteiger partial charge < -0.3 is 70.2 Å². The summed E-state index contributed by atoms with van der Waals surface area (Å²) in [6, 6.07) is 39.3. The fourth-order valence-electron chi connectivity index (χ4n) is 21.1. The van der Waals surface area contributed by atoms with Crippen molar-refractivity contribution in [1.82, 2.24) is 108 Å². The van der Waals surface area contributed by atoms with Gasteiger partial charge in [-0.05, 0) is 174 Å². The van der Waals surface area contributed by atoms with Crippen molar-refractivity contribution in [3.63, 3.8) is 0 Å². The van der Waals surface area contributed by atoms with Gasteiger partial charge in [-0.3, -0.25) is 19.6 Å². The number of nitrogens with zero attached hydrogens (tertiary/aromatic N) is 20. The number of aromatic nitrogens is 18. The molecule has 0 saturated heterocycles. The van der Waals surface area contributed by atoms with Gasteiger partial charge in [-0.2, -0.15) is 19.9 Å². The number of benzene rings is 2. The van der Waals surface area contributed by atoms with Gasteiger partial charge in [-0.1, -0.05) is 100 Å². The van der Waals surface area contributed by atoms with Gasteiger partial charge in [-0.25, -0.2) is 39.9 Å². The minimum atomic E-state index is -0.464. The maximum Gasteiger partial charge on any atom is 0.248 e. The average molecular weight is 1740 g/mol. The summed E-state index contributed by atoms with van der Waals surface area (Å²) in [7, 11) is 0. The lowest BCUT2D eigenvalue weighted by atomic mass is 9.87. The van der Waals surface area contributed by atoms with Crippen LogP contribution in [0.2, 0.25) is 0 Å².